The molecule has 4 aliphatic rings. The van der Waals surface area contributed by atoms with Crippen LogP contribution in [0.15, 0.2) is 15.0 Å². The zero-order valence-electron chi connectivity index (χ0n) is 16.9. The molecule has 2 saturated heterocycles. The normalized spacial score (nSPS) is 36.8. The first kappa shape index (κ1) is 20.2. The number of amidine groups is 1. The molecule has 0 aliphatic carbocycles. The van der Waals surface area contributed by atoms with E-state index in [-0.39, 0.29) is 36.5 Å². The van der Waals surface area contributed by atoms with Crippen molar-refractivity contribution >= 4 is 24.5 Å². The lowest BCUT2D eigenvalue weighted by atomic mass is 10.1. The zero-order chi connectivity index (χ0) is 20.6. The molecule has 0 radical (unpaired) electrons. The van der Waals surface area contributed by atoms with Gasteiger partial charge < -0.3 is 34.9 Å². The Labute approximate surface area is 169 Å². The molecule has 0 aromatic rings. The largest absolute Gasteiger partial charge is 0.469 e. The van der Waals surface area contributed by atoms with Crippen molar-refractivity contribution in [2.24, 2.45) is 20.7 Å². The fourth-order valence-electron chi connectivity index (χ4n) is 4.07. The third-order valence-corrected chi connectivity index (χ3v) is 5.40. The molecular weight excluding hydrogens is 380 g/mol. The van der Waals surface area contributed by atoms with Crippen molar-refractivity contribution in [1.29, 1.82) is 0 Å². The SMILES string of the molecule is COC(=O)CCCNCC1OC(N2C=NC3C(N)=NC=NC32)[C@@H]2OC(C)(C)O[C@H]12. The van der Waals surface area contributed by atoms with Gasteiger partial charge in [0.1, 0.15) is 36.5 Å². The Hall–Kier alpha value is -2.08. The summed E-state index contributed by atoms with van der Waals surface area (Å²) in [6.07, 6.45) is 2.82. The molecule has 0 spiro atoms. The number of fused-ring (bicyclic) bond motifs is 2. The van der Waals surface area contributed by atoms with Crippen LogP contribution in [0.1, 0.15) is 26.7 Å². The van der Waals surface area contributed by atoms with Crippen molar-refractivity contribution in [1.82, 2.24) is 10.2 Å². The number of nitrogens with one attached hydrogen (secondary N) is 1. The molecule has 0 aromatic heterocycles. The van der Waals surface area contributed by atoms with E-state index in [2.05, 4.69) is 25.0 Å². The fourth-order valence-corrected chi connectivity index (χ4v) is 4.07. The van der Waals surface area contributed by atoms with Crippen molar-refractivity contribution in [3.8, 4) is 0 Å². The number of ether oxygens (including phenoxy) is 4. The van der Waals surface area contributed by atoms with E-state index in [4.69, 9.17) is 19.9 Å². The lowest BCUT2D eigenvalue weighted by Crippen LogP contribution is -2.51. The number of carbonyl (C=O) groups is 1. The van der Waals surface area contributed by atoms with Crippen LogP contribution in [-0.4, -0.2) is 92.1 Å². The Morgan fingerprint density at radius 1 is 1.34 bits per heavy atom. The minimum atomic E-state index is -0.701. The van der Waals surface area contributed by atoms with Gasteiger partial charge in [0, 0.05) is 13.0 Å². The molecule has 0 amide bonds. The molecule has 11 heteroatoms. The first-order chi connectivity index (χ1) is 13.9. The number of hydrogen-bond acceptors (Lipinski definition) is 11. The zero-order valence-corrected chi connectivity index (χ0v) is 16.9. The first-order valence-electron chi connectivity index (χ1n) is 9.84. The summed E-state index contributed by atoms with van der Waals surface area (Å²) < 4.78 is 23.3. The van der Waals surface area contributed by atoms with Gasteiger partial charge in [0.25, 0.3) is 0 Å². The van der Waals surface area contributed by atoms with Gasteiger partial charge in [-0.15, -0.1) is 0 Å². The van der Waals surface area contributed by atoms with Gasteiger partial charge in [-0.3, -0.25) is 9.79 Å². The van der Waals surface area contributed by atoms with Gasteiger partial charge in [0.05, 0.1) is 13.4 Å². The van der Waals surface area contributed by atoms with E-state index in [0.717, 1.165) is 0 Å². The predicted octanol–water partition coefficient (Wildman–Crippen LogP) is -0.788. The standard InChI is InChI=1S/C18H28N6O5/c1-18(2)28-13-10(7-20-6-4-5-11(25)26-3)27-17(14(13)29-18)24-9-23-12-15(19)21-8-22-16(12)24/h8-10,12-14,16-17,20H,4-7H2,1-3H3,(H2,19,21,22)/t10?,12?,13-,14-,16?,17?/m1/s1. The van der Waals surface area contributed by atoms with Crippen LogP contribution in [-0.2, 0) is 23.7 Å². The van der Waals surface area contributed by atoms with Crippen LogP contribution < -0.4 is 11.1 Å². The van der Waals surface area contributed by atoms with E-state index in [0.29, 0.717) is 31.8 Å². The van der Waals surface area contributed by atoms with Gasteiger partial charge >= 0.3 is 5.97 Å². The van der Waals surface area contributed by atoms with Crippen LogP contribution >= 0.6 is 0 Å². The molecule has 4 heterocycles. The number of hydrogen-bond donors (Lipinski definition) is 2. The maximum absolute atomic E-state index is 11.2. The third-order valence-electron chi connectivity index (χ3n) is 5.40. The number of esters is 1. The second-order valence-electron chi connectivity index (χ2n) is 7.90. The highest BCUT2D eigenvalue weighted by Gasteiger charge is 2.58. The molecule has 6 atom stereocenters. The summed E-state index contributed by atoms with van der Waals surface area (Å²) in [5.74, 6) is -0.476. The van der Waals surface area contributed by atoms with E-state index in [1.807, 2.05) is 18.7 Å². The van der Waals surface area contributed by atoms with Gasteiger partial charge in [0.2, 0.25) is 0 Å². The lowest BCUT2D eigenvalue weighted by molar-refractivity contribution is -0.200. The summed E-state index contributed by atoms with van der Waals surface area (Å²) in [4.78, 5) is 26.1. The molecule has 160 valence electrons. The molecule has 3 N–H and O–H groups in total. The Morgan fingerprint density at radius 2 is 2.14 bits per heavy atom. The van der Waals surface area contributed by atoms with E-state index in [1.165, 1.54) is 13.4 Å². The number of nitrogens with zero attached hydrogens (tertiary/aromatic N) is 4. The molecular formula is C18H28N6O5. The smallest absolute Gasteiger partial charge is 0.305 e. The molecule has 0 bridgehead atoms. The topological polar surface area (TPSA) is 132 Å². The maximum atomic E-state index is 11.2. The maximum Gasteiger partial charge on any atom is 0.305 e. The summed E-state index contributed by atoms with van der Waals surface area (Å²) in [5, 5.41) is 3.33. The third kappa shape index (κ3) is 4.00. The second-order valence-corrected chi connectivity index (χ2v) is 7.90. The van der Waals surface area contributed by atoms with Crippen LogP contribution in [0.5, 0.6) is 0 Å². The van der Waals surface area contributed by atoms with Crippen LogP contribution in [0.25, 0.3) is 0 Å². The Kier molecular flexibility index (Phi) is 5.56. The van der Waals surface area contributed by atoms with Crippen molar-refractivity contribution < 1.29 is 23.7 Å². The highest BCUT2D eigenvalue weighted by atomic mass is 16.8. The number of methoxy groups -OCH3 is 1. The minimum Gasteiger partial charge on any atom is -0.469 e. The Morgan fingerprint density at radius 3 is 2.93 bits per heavy atom. The fraction of sp³-hybridized carbons (Fsp3) is 0.778. The Bertz CT molecular complexity index is 726. The monoisotopic (exact) mass is 408 g/mol. The van der Waals surface area contributed by atoms with E-state index >= 15 is 0 Å². The highest BCUT2D eigenvalue weighted by Crippen LogP contribution is 2.41. The van der Waals surface area contributed by atoms with Crippen molar-refractivity contribution in [2.75, 3.05) is 20.2 Å². The summed E-state index contributed by atoms with van der Waals surface area (Å²) in [6, 6.07) is -0.312. The average molecular weight is 408 g/mol. The van der Waals surface area contributed by atoms with Crippen molar-refractivity contribution in [2.45, 2.75) is 69.2 Å². The second kappa shape index (κ2) is 7.98. The molecule has 0 saturated carbocycles. The van der Waals surface area contributed by atoms with Gasteiger partial charge in [-0.05, 0) is 26.8 Å². The lowest BCUT2D eigenvalue weighted by Gasteiger charge is -2.33. The quantitative estimate of drug-likeness (QED) is 0.414. The van der Waals surface area contributed by atoms with E-state index < -0.39 is 12.0 Å². The molecule has 4 rings (SSSR count). The van der Waals surface area contributed by atoms with Crippen LogP contribution in [0.3, 0.4) is 0 Å². The van der Waals surface area contributed by atoms with Crippen LogP contribution in [0.4, 0.5) is 0 Å². The van der Waals surface area contributed by atoms with Crippen molar-refractivity contribution in [3.63, 3.8) is 0 Å². The number of nitrogens with two attached hydrogens (primary N) is 1. The van der Waals surface area contributed by atoms with Gasteiger partial charge in [0.15, 0.2) is 18.2 Å². The number of carbonyl (C=O) groups excluding carboxylic acids is 1. The van der Waals surface area contributed by atoms with Crippen LogP contribution in [0.2, 0.25) is 0 Å². The highest BCUT2D eigenvalue weighted by molar-refractivity contribution is 5.96. The summed E-state index contributed by atoms with van der Waals surface area (Å²) in [7, 11) is 1.39. The summed E-state index contributed by atoms with van der Waals surface area (Å²) >= 11 is 0. The summed E-state index contributed by atoms with van der Waals surface area (Å²) in [5.41, 5.74) is 5.96. The van der Waals surface area contributed by atoms with Gasteiger partial charge in [-0.1, -0.05) is 0 Å². The predicted molar refractivity (Wildman–Crippen MR) is 105 cm³/mol. The Balaban J connectivity index is 1.39. The van der Waals surface area contributed by atoms with E-state index in [1.54, 1.807) is 6.34 Å². The van der Waals surface area contributed by atoms with Gasteiger partial charge in [-0.2, -0.15) is 0 Å². The van der Waals surface area contributed by atoms with Crippen molar-refractivity contribution in [3.05, 3.63) is 0 Å². The number of rotatable bonds is 7. The minimum absolute atomic E-state index is 0.211. The van der Waals surface area contributed by atoms with E-state index in [9.17, 15) is 4.79 Å². The molecule has 2 fully saturated rings. The molecule has 4 unspecified atom stereocenters. The summed E-state index contributed by atoms with van der Waals surface area (Å²) in [6.45, 7) is 5.04. The molecule has 11 nitrogen and oxygen atoms in total. The van der Waals surface area contributed by atoms with Crippen LogP contribution in [0, 0.1) is 0 Å². The first-order valence-corrected chi connectivity index (χ1v) is 9.84. The average Bonchev–Trinajstić information content (AvgIpc) is 3.33. The number of aliphatic imine (C=N–C) groups is 3. The molecule has 4 aliphatic heterocycles. The molecule has 29 heavy (non-hydrogen) atoms. The van der Waals surface area contributed by atoms with Gasteiger partial charge in [-0.25, -0.2) is 9.98 Å². The molecule has 0 aromatic carbocycles.